The highest BCUT2D eigenvalue weighted by Crippen LogP contribution is 2.30. The average Bonchev–Trinajstić information content (AvgIpc) is 3.21. The van der Waals surface area contributed by atoms with Crippen molar-refractivity contribution in [2.75, 3.05) is 7.11 Å². The lowest BCUT2D eigenvalue weighted by Crippen LogP contribution is -2.43. The van der Waals surface area contributed by atoms with Crippen molar-refractivity contribution >= 4 is 18.1 Å². The van der Waals surface area contributed by atoms with Crippen molar-refractivity contribution in [1.82, 2.24) is 9.99 Å². The number of aliphatic hydroxyl groups is 1. The van der Waals surface area contributed by atoms with E-state index in [4.69, 9.17) is 4.74 Å². The Kier molecular flexibility index (Phi) is 7.12. The van der Waals surface area contributed by atoms with E-state index in [2.05, 4.69) is 10.5 Å². The van der Waals surface area contributed by atoms with Crippen molar-refractivity contribution < 1.29 is 19.4 Å². The molecule has 0 radical (unpaired) electrons. The van der Waals surface area contributed by atoms with Gasteiger partial charge in [0.05, 0.1) is 18.9 Å². The number of nitrogens with zero attached hydrogens (tertiary/aromatic N) is 2. The fourth-order valence-electron chi connectivity index (χ4n) is 4.21. The zero-order valence-electron chi connectivity index (χ0n) is 20.3. The average molecular weight is 482 g/mol. The van der Waals surface area contributed by atoms with Gasteiger partial charge in [-0.3, -0.25) is 4.79 Å². The first-order valence-corrected chi connectivity index (χ1v) is 11.4. The third-order valence-electron chi connectivity index (χ3n) is 6.10. The SMILES string of the molecule is COC(=O)c1ccc(-n2c(C)cc(/C=N\NC(=O)C(O)(c3ccccc3)c3ccccc3)c2C)cc1. The van der Waals surface area contributed by atoms with Crippen LogP contribution < -0.4 is 5.43 Å². The lowest BCUT2D eigenvalue weighted by molar-refractivity contribution is -0.136. The Labute approximate surface area is 209 Å². The quantitative estimate of drug-likeness (QED) is 0.234. The van der Waals surface area contributed by atoms with Gasteiger partial charge in [-0.25, -0.2) is 10.2 Å². The largest absolute Gasteiger partial charge is 0.465 e. The number of rotatable bonds is 7. The summed E-state index contributed by atoms with van der Waals surface area (Å²) >= 11 is 0. The highest BCUT2D eigenvalue weighted by atomic mass is 16.5. The third kappa shape index (κ3) is 4.69. The minimum atomic E-state index is -1.90. The lowest BCUT2D eigenvalue weighted by atomic mass is 9.85. The first kappa shape index (κ1) is 24.6. The van der Waals surface area contributed by atoms with Gasteiger partial charge in [0.1, 0.15) is 0 Å². The number of benzene rings is 3. The van der Waals surface area contributed by atoms with Gasteiger partial charge in [-0.1, -0.05) is 60.7 Å². The molecule has 0 aliphatic rings. The second-order valence-electron chi connectivity index (χ2n) is 8.34. The zero-order valence-corrected chi connectivity index (χ0v) is 20.3. The number of carbonyl (C=O) groups excluding carboxylic acids is 2. The molecule has 0 aliphatic carbocycles. The number of hydrazone groups is 1. The minimum Gasteiger partial charge on any atom is -0.465 e. The number of hydrogen-bond acceptors (Lipinski definition) is 5. The molecule has 4 rings (SSSR count). The molecule has 0 fully saturated rings. The van der Waals surface area contributed by atoms with E-state index in [1.54, 1.807) is 66.9 Å². The van der Waals surface area contributed by atoms with Gasteiger partial charge in [-0.15, -0.1) is 0 Å². The van der Waals surface area contributed by atoms with Crippen LogP contribution in [0.1, 0.15) is 38.4 Å². The number of nitrogens with one attached hydrogen (secondary N) is 1. The van der Waals surface area contributed by atoms with Gasteiger partial charge in [0.15, 0.2) is 5.60 Å². The van der Waals surface area contributed by atoms with Gasteiger partial charge < -0.3 is 14.4 Å². The van der Waals surface area contributed by atoms with Gasteiger partial charge in [0.2, 0.25) is 0 Å². The molecule has 0 aliphatic heterocycles. The number of aryl methyl sites for hydroxylation is 1. The molecule has 0 bridgehead atoms. The summed E-state index contributed by atoms with van der Waals surface area (Å²) in [5, 5.41) is 15.7. The molecule has 0 saturated carbocycles. The Bertz CT molecular complexity index is 1350. The van der Waals surface area contributed by atoms with Gasteiger partial charge in [-0.05, 0) is 55.3 Å². The van der Waals surface area contributed by atoms with Crippen LogP contribution in [0.5, 0.6) is 0 Å². The Balaban J connectivity index is 1.58. The second-order valence-corrected chi connectivity index (χ2v) is 8.34. The van der Waals surface area contributed by atoms with E-state index >= 15 is 0 Å². The molecule has 3 aromatic carbocycles. The Morgan fingerprint density at radius 1 is 0.917 bits per heavy atom. The molecular weight excluding hydrogens is 454 g/mol. The van der Waals surface area contributed by atoms with Crippen LogP contribution in [-0.4, -0.2) is 34.9 Å². The predicted octanol–water partition coefficient (Wildman–Crippen LogP) is 4.27. The van der Waals surface area contributed by atoms with Gasteiger partial charge in [0.25, 0.3) is 5.91 Å². The number of aromatic nitrogens is 1. The topological polar surface area (TPSA) is 92.9 Å². The molecule has 1 amide bonds. The van der Waals surface area contributed by atoms with E-state index in [1.807, 2.05) is 48.7 Å². The molecule has 0 saturated heterocycles. The fourth-order valence-corrected chi connectivity index (χ4v) is 4.21. The van der Waals surface area contributed by atoms with E-state index in [0.717, 1.165) is 22.6 Å². The molecule has 1 heterocycles. The molecule has 36 heavy (non-hydrogen) atoms. The normalized spacial score (nSPS) is 11.4. The second kappa shape index (κ2) is 10.4. The first-order valence-electron chi connectivity index (χ1n) is 11.4. The summed E-state index contributed by atoms with van der Waals surface area (Å²) in [6, 6.07) is 26.6. The summed E-state index contributed by atoms with van der Waals surface area (Å²) < 4.78 is 6.78. The molecule has 1 aromatic heterocycles. The summed E-state index contributed by atoms with van der Waals surface area (Å²) in [5.74, 6) is -1.06. The first-order chi connectivity index (χ1) is 17.4. The molecule has 4 aromatic rings. The summed E-state index contributed by atoms with van der Waals surface area (Å²) in [7, 11) is 1.35. The Morgan fingerprint density at radius 3 is 2.00 bits per heavy atom. The van der Waals surface area contributed by atoms with Crippen molar-refractivity contribution in [3.63, 3.8) is 0 Å². The van der Waals surface area contributed by atoms with Crippen molar-refractivity contribution in [3.05, 3.63) is 125 Å². The van der Waals surface area contributed by atoms with Crippen LogP contribution in [0.15, 0.2) is 96.1 Å². The number of carbonyl (C=O) groups is 2. The molecule has 7 nitrogen and oxygen atoms in total. The summed E-state index contributed by atoms with van der Waals surface area (Å²) in [4.78, 5) is 25.0. The zero-order chi connectivity index (χ0) is 25.7. The van der Waals surface area contributed by atoms with E-state index < -0.39 is 17.5 Å². The summed E-state index contributed by atoms with van der Waals surface area (Å²) in [6.07, 6.45) is 1.55. The van der Waals surface area contributed by atoms with Crippen LogP contribution in [0.4, 0.5) is 0 Å². The lowest BCUT2D eigenvalue weighted by Gasteiger charge is -2.27. The van der Waals surface area contributed by atoms with E-state index in [0.29, 0.717) is 16.7 Å². The molecule has 0 unspecified atom stereocenters. The summed E-state index contributed by atoms with van der Waals surface area (Å²) in [5.41, 5.74) is 5.49. The van der Waals surface area contributed by atoms with Crippen LogP contribution >= 0.6 is 0 Å². The highest BCUT2D eigenvalue weighted by Gasteiger charge is 2.39. The Hall–Kier alpha value is -4.49. The number of esters is 1. The fraction of sp³-hybridized carbons (Fsp3) is 0.138. The molecule has 0 spiro atoms. The van der Waals surface area contributed by atoms with Crippen LogP contribution in [0.3, 0.4) is 0 Å². The number of methoxy groups -OCH3 is 1. The van der Waals surface area contributed by atoms with E-state index in [9.17, 15) is 14.7 Å². The van der Waals surface area contributed by atoms with Gasteiger partial charge in [-0.2, -0.15) is 5.10 Å². The van der Waals surface area contributed by atoms with Crippen molar-refractivity contribution in [3.8, 4) is 5.69 Å². The number of amides is 1. The predicted molar refractivity (Wildman–Crippen MR) is 138 cm³/mol. The maximum atomic E-state index is 13.2. The van der Waals surface area contributed by atoms with Gasteiger partial charge >= 0.3 is 5.97 Å². The van der Waals surface area contributed by atoms with Crippen LogP contribution in [0, 0.1) is 13.8 Å². The molecule has 2 N–H and O–H groups in total. The van der Waals surface area contributed by atoms with Crippen molar-refractivity contribution in [2.45, 2.75) is 19.4 Å². The third-order valence-corrected chi connectivity index (χ3v) is 6.10. The number of ether oxygens (including phenoxy) is 1. The smallest absolute Gasteiger partial charge is 0.337 e. The van der Waals surface area contributed by atoms with Crippen LogP contribution in [0.2, 0.25) is 0 Å². The van der Waals surface area contributed by atoms with Crippen LogP contribution in [-0.2, 0) is 15.1 Å². The monoisotopic (exact) mass is 481 g/mol. The van der Waals surface area contributed by atoms with E-state index in [1.165, 1.54) is 7.11 Å². The maximum Gasteiger partial charge on any atom is 0.337 e. The molecule has 0 atom stereocenters. The van der Waals surface area contributed by atoms with Crippen molar-refractivity contribution in [2.24, 2.45) is 5.10 Å². The van der Waals surface area contributed by atoms with Crippen LogP contribution in [0.25, 0.3) is 5.69 Å². The van der Waals surface area contributed by atoms with E-state index in [-0.39, 0.29) is 0 Å². The standard InChI is InChI=1S/C29H27N3O4/c1-20-18-23(21(2)32(20)26-16-14-22(15-17-26)27(33)36-3)19-30-31-28(34)29(35,24-10-6-4-7-11-24)25-12-8-5-9-13-25/h4-19,35H,1-3H3,(H,31,34)/b30-19-. The highest BCUT2D eigenvalue weighted by molar-refractivity contribution is 5.91. The number of hydrogen-bond donors (Lipinski definition) is 2. The molecule has 7 heteroatoms. The molecule has 182 valence electrons. The molecular formula is C29H27N3O4. The van der Waals surface area contributed by atoms with Crippen molar-refractivity contribution in [1.29, 1.82) is 0 Å². The minimum absolute atomic E-state index is 0.392. The Morgan fingerprint density at radius 2 is 1.47 bits per heavy atom. The van der Waals surface area contributed by atoms with Gasteiger partial charge in [0, 0.05) is 22.6 Å². The summed E-state index contributed by atoms with van der Waals surface area (Å²) in [6.45, 7) is 3.90. The maximum absolute atomic E-state index is 13.2.